The van der Waals surface area contributed by atoms with E-state index in [-0.39, 0.29) is 16.3 Å². The lowest BCUT2D eigenvalue weighted by Crippen LogP contribution is -2.41. The van der Waals surface area contributed by atoms with Gasteiger partial charge in [0.2, 0.25) is 0 Å². The first kappa shape index (κ1) is 20.6. The number of rotatable bonds is 5. The van der Waals surface area contributed by atoms with E-state index in [9.17, 15) is 12.8 Å². The van der Waals surface area contributed by atoms with E-state index in [2.05, 4.69) is 9.82 Å². The molecule has 1 aliphatic heterocycles. The van der Waals surface area contributed by atoms with E-state index < -0.39 is 34.2 Å². The number of aromatic nitrogens is 2. The zero-order valence-corrected chi connectivity index (χ0v) is 17.4. The topological polar surface area (TPSA) is 91.7 Å². The molecule has 1 aromatic carbocycles. The molecule has 0 amide bonds. The van der Waals surface area contributed by atoms with E-state index >= 15 is 0 Å². The standard InChI is InChI=1S/C17H23BFN3O5S/c1-16(2)17(3,4)27-18(26-16)11-7-13(19)15(25-6)14(8-11)21-28(23,24)12-9-20-22(5)10-12/h7-10,21H,1-6H3. The summed E-state index contributed by atoms with van der Waals surface area (Å²) in [6.45, 7) is 7.50. The van der Waals surface area contributed by atoms with Gasteiger partial charge in [-0.2, -0.15) is 5.10 Å². The molecule has 0 radical (unpaired) electrons. The maximum atomic E-state index is 14.6. The number of nitrogens with zero attached hydrogens (tertiary/aromatic N) is 2. The summed E-state index contributed by atoms with van der Waals surface area (Å²) in [5.41, 5.74) is -0.968. The van der Waals surface area contributed by atoms with Crippen LogP contribution in [0.15, 0.2) is 29.4 Å². The van der Waals surface area contributed by atoms with Crippen molar-refractivity contribution in [3.8, 4) is 5.75 Å². The number of aryl methyl sites for hydroxylation is 1. The Kier molecular flexibility index (Phi) is 4.97. The summed E-state index contributed by atoms with van der Waals surface area (Å²) < 4.78 is 60.5. The molecule has 0 unspecified atom stereocenters. The van der Waals surface area contributed by atoms with E-state index in [0.717, 1.165) is 0 Å². The second-order valence-electron chi connectivity index (χ2n) is 7.63. The molecule has 1 saturated heterocycles. The second kappa shape index (κ2) is 6.75. The summed E-state index contributed by atoms with van der Waals surface area (Å²) in [6, 6.07) is 2.65. The monoisotopic (exact) mass is 411 g/mol. The Labute approximate surface area is 164 Å². The average molecular weight is 411 g/mol. The number of hydrogen-bond acceptors (Lipinski definition) is 6. The van der Waals surface area contributed by atoms with Gasteiger partial charge in [0, 0.05) is 13.2 Å². The third kappa shape index (κ3) is 3.61. The van der Waals surface area contributed by atoms with Gasteiger partial charge in [0.1, 0.15) is 4.90 Å². The Hall–Kier alpha value is -2.11. The molecule has 0 atom stereocenters. The van der Waals surface area contributed by atoms with Gasteiger partial charge >= 0.3 is 7.12 Å². The molecule has 1 aromatic heterocycles. The van der Waals surface area contributed by atoms with Gasteiger partial charge in [-0.05, 0) is 45.3 Å². The van der Waals surface area contributed by atoms with E-state index in [4.69, 9.17) is 14.0 Å². The van der Waals surface area contributed by atoms with Crippen LogP contribution in [0, 0.1) is 5.82 Å². The lowest BCUT2D eigenvalue weighted by atomic mass is 9.78. The molecule has 1 N–H and O–H groups in total. The third-order valence-corrected chi connectivity index (χ3v) is 6.35. The van der Waals surface area contributed by atoms with Crippen molar-refractivity contribution in [2.45, 2.75) is 43.8 Å². The minimum atomic E-state index is -3.99. The molecule has 28 heavy (non-hydrogen) atoms. The highest BCUT2D eigenvalue weighted by atomic mass is 32.2. The third-order valence-electron chi connectivity index (χ3n) is 5.03. The molecular formula is C17H23BFN3O5S. The number of hydrogen-bond donors (Lipinski definition) is 1. The maximum absolute atomic E-state index is 14.6. The fourth-order valence-electron chi connectivity index (χ4n) is 2.75. The second-order valence-corrected chi connectivity index (χ2v) is 9.31. The SMILES string of the molecule is COc1c(F)cc(B2OC(C)(C)C(C)(C)O2)cc1NS(=O)(=O)c1cnn(C)c1. The molecule has 3 rings (SSSR count). The van der Waals surface area contributed by atoms with E-state index in [1.165, 1.54) is 36.3 Å². The Bertz CT molecular complexity index is 990. The van der Waals surface area contributed by atoms with Crippen LogP contribution in [-0.2, 0) is 26.4 Å². The van der Waals surface area contributed by atoms with Crippen molar-refractivity contribution in [3.05, 3.63) is 30.3 Å². The smallest absolute Gasteiger partial charge is 0.492 e. The molecule has 0 saturated carbocycles. The highest BCUT2D eigenvalue weighted by Crippen LogP contribution is 2.37. The number of ether oxygens (including phenoxy) is 1. The quantitative estimate of drug-likeness (QED) is 0.753. The van der Waals surface area contributed by atoms with Crippen LogP contribution in [0.3, 0.4) is 0 Å². The first-order valence-corrected chi connectivity index (χ1v) is 10.1. The molecule has 1 aliphatic rings. The Morgan fingerprint density at radius 1 is 1.21 bits per heavy atom. The highest BCUT2D eigenvalue weighted by Gasteiger charge is 2.52. The number of sulfonamides is 1. The van der Waals surface area contributed by atoms with Crippen LogP contribution in [0.4, 0.5) is 10.1 Å². The zero-order chi connectivity index (χ0) is 20.9. The Morgan fingerprint density at radius 2 is 1.82 bits per heavy atom. The minimum absolute atomic E-state index is 0.0569. The molecule has 2 aromatic rings. The average Bonchev–Trinajstić information content (AvgIpc) is 3.08. The van der Waals surface area contributed by atoms with Crippen LogP contribution in [0.1, 0.15) is 27.7 Å². The maximum Gasteiger partial charge on any atom is 0.495 e. The fourth-order valence-corrected chi connectivity index (χ4v) is 3.79. The molecule has 1 fully saturated rings. The first-order valence-electron chi connectivity index (χ1n) is 8.61. The van der Waals surface area contributed by atoms with Gasteiger partial charge in [0.05, 0.1) is 30.2 Å². The summed E-state index contributed by atoms with van der Waals surface area (Å²) in [5.74, 6) is -0.966. The summed E-state index contributed by atoms with van der Waals surface area (Å²) >= 11 is 0. The molecule has 2 heterocycles. The summed E-state index contributed by atoms with van der Waals surface area (Å²) in [5, 5.41) is 3.85. The van der Waals surface area contributed by atoms with Crippen molar-refractivity contribution in [1.82, 2.24) is 9.78 Å². The van der Waals surface area contributed by atoms with Gasteiger partial charge in [-0.25, -0.2) is 12.8 Å². The van der Waals surface area contributed by atoms with Gasteiger partial charge in [-0.15, -0.1) is 0 Å². The number of halogens is 1. The van der Waals surface area contributed by atoms with Crippen LogP contribution in [0.5, 0.6) is 5.75 Å². The summed E-state index contributed by atoms with van der Waals surface area (Å²) in [6.07, 6.45) is 2.53. The van der Waals surface area contributed by atoms with Gasteiger partial charge in [0.15, 0.2) is 11.6 Å². The van der Waals surface area contributed by atoms with Crippen LogP contribution in [0.2, 0.25) is 0 Å². The molecular weight excluding hydrogens is 388 g/mol. The minimum Gasteiger partial charge on any atom is -0.492 e. The van der Waals surface area contributed by atoms with E-state index in [1.807, 2.05) is 27.7 Å². The van der Waals surface area contributed by atoms with Crippen LogP contribution in [-0.4, -0.2) is 43.6 Å². The van der Waals surface area contributed by atoms with E-state index in [1.54, 1.807) is 7.05 Å². The molecule has 0 aliphatic carbocycles. The van der Waals surface area contributed by atoms with Crippen molar-refractivity contribution < 1.29 is 26.9 Å². The van der Waals surface area contributed by atoms with Gasteiger partial charge in [0.25, 0.3) is 10.0 Å². The molecule has 8 nitrogen and oxygen atoms in total. The van der Waals surface area contributed by atoms with Gasteiger partial charge in [-0.1, -0.05) is 0 Å². The lowest BCUT2D eigenvalue weighted by molar-refractivity contribution is 0.00578. The predicted molar refractivity (Wildman–Crippen MR) is 103 cm³/mol. The van der Waals surface area contributed by atoms with Crippen molar-refractivity contribution >= 4 is 28.3 Å². The fraction of sp³-hybridized carbons (Fsp3) is 0.471. The molecule has 152 valence electrons. The Morgan fingerprint density at radius 3 is 2.32 bits per heavy atom. The molecule has 0 spiro atoms. The van der Waals surface area contributed by atoms with Crippen molar-refractivity contribution in [2.24, 2.45) is 7.05 Å². The first-order chi connectivity index (χ1) is 12.9. The lowest BCUT2D eigenvalue weighted by Gasteiger charge is -2.32. The number of anilines is 1. The van der Waals surface area contributed by atoms with Crippen molar-refractivity contribution in [1.29, 1.82) is 0 Å². The molecule has 11 heteroatoms. The number of nitrogens with one attached hydrogen (secondary N) is 1. The van der Waals surface area contributed by atoms with Crippen LogP contribution in [0.25, 0.3) is 0 Å². The summed E-state index contributed by atoms with van der Waals surface area (Å²) in [7, 11) is -1.99. The predicted octanol–water partition coefficient (Wildman–Crippen LogP) is 1.67. The number of methoxy groups -OCH3 is 1. The summed E-state index contributed by atoms with van der Waals surface area (Å²) in [4.78, 5) is -0.0569. The van der Waals surface area contributed by atoms with Crippen LogP contribution < -0.4 is 14.9 Å². The Balaban J connectivity index is 2.00. The zero-order valence-electron chi connectivity index (χ0n) is 16.6. The molecule has 0 bridgehead atoms. The van der Waals surface area contributed by atoms with Gasteiger partial charge in [-0.3, -0.25) is 9.40 Å². The van der Waals surface area contributed by atoms with Crippen LogP contribution >= 0.6 is 0 Å². The largest absolute Gasteiger partial charge is 0.495 e. The van der Waals surface area contributed by atoms with Crippen molar-refractivity contribution in [3.63, 3.8) is 0 Å². The van der Waals surface area contributed by atoms with Gasteiger partial charge < -0.3 is 14.0 Å². The highest BCUT2D eigenvalue weighted by molar-refractivity contribution is 7.92. The van der Waals surface area contributed by atoms with E-state index in [0.29, 0.717) is 5.46 Å². The number of benzene rings is 1. The normalized spacial score (nSPS) is 18.3. The van der Waals surface area contributed by atoms with Crippen molar-refractivity contribution in [2.75, 3.05) is 11.8 Å².